The quantitative estimate of drug-likeness (QED) is 0.0786. The molecule has 0 radical (unpaired) electrons. The summed E-state index contributed by atoms with van der Waals surface area (Å²) in [5, 5.41) is 20.7. The maximum Gasteiger partial charge on any atom is 0.348 e. The first-order valence-corrected chi connectivity index (χ1v) is 21.4. The van der Waals surface area contributed by atoms with E-state index in [0.29, 0.717) is 52.0 Å². The molecule has 14 heteroatoms. The van der Waals surface area contributed by atoms with Crippen LogP contribution >= 0.6 is 0 Å². The van der Waals surface area contributed by atoms with Gasteiger partial charge in [0.05, 0.1) is 33.4 Å². The van der Waals surface area contributed by atoms with Crippen molar-refractivity contribution in [3.8, 4) is 29.4 Å². The van der Waals surface area contributed by atoms with E-state index in [9.17, 15) is 19.8 Å². The molecule has 0 spiro atoms. The minimum absolute atomic E-state index is 0.0281. The molecule has 0 saturated carbocycles. The van der Waals surface area contributed by atoms with E-state index in [0.717, 1.165) is 16.7 Å². The van der Waals surface area contributed by atoms with Crippen molar-refractivity contribution >= 4 is 11.9 Å². The standard InChI is InChI=1S/C31H32N2O6.C22H22N2O4/c1-21-19-22(2)33-30(32-21)39-28(29(34)35)31(24-11-7-5-8-12-24,25-13-9-6-10-14-25)38-18-17-23-15-16-26(36-3)27(20-23)37-4;1-15-14-18(27-3)24-21(23-15)28-19(20(25)26)22(2,16-10-6-4-7-11-16)17-12-8-5-9-13-17/h5-16,19-20,28H,17-18H2,1-4H3,(H,34,35);4-14,19H,1-3H3,(H,25,26). The maximum absolute atomic E-state index is 13.0. The van der Waals surface area contributed by atoms with Gasteiger partial charge in [-0.15, -0.1) is 0 Å². The van der Waals surface area contributed by atoms with Gasteiger partial charge in [-0.2, -0.15) is 4.98 Å². The molecule has 0 bridgehead atoms. The smallest absolute Gasteiger partial charge is 0.348 e. The Morgan fingerprint density at radius 2 is 0.955 bits per heavy atom. The fraction of sp³-hybridized carbons (Fsp3) is 0.245. The van der Waals surface area contributed by atoms with Crippen LogP contribution in [0.2, 0.25) is 0 Å². The highest BCUT2D eigenvalue weighted by molar-refractivity contribution is 5.77. The van der Waals surface area contributed by atoms with E-state index in [4.69, 9.17) is 28.4 Å². The molecule has 7 aromatic rings. The summed E-state index contributed by atoms with van der Waals surface area (Å²) < 4.78 is 34.6. The number of aliphatic carboxylic acids is 2. The lowest BCUT2D eigenvalue weighted by Gasteiger charge is -2.39. The predicted molar refractivity (Wildman–Crippen MR) is 251 cm³/mol. The van der Waals surface area contributed by atoms with Crippen LogP contribution in [0.1, 0.15) is 51.8 Å². The monoisotopic (exact) mass is 906 g/mol. The normalized spacial score (nSPS) is 12.1. The van der Waals surface area contributed by atoms with E-state index < -0.39 is 35.2 Å². The van der Waals surface area contributed by atoms with Crippen molar-refractivity contribution in [2.75, 3.05) is 27.9 Å². The molecule has 0 aliphatic rings. The SMILES string of the molecule is COc1cc(C)nc(OC(C(=O)O)C(C)(c2ccccc2)c2ccccc2)n1.COc1ccc(CCOC(c2ccccc2)(c2ccccc2)C(Oc2nc(C)cc(C)n2)C(=O)O)cc1OC. The number of hydrogen-bond donors (Lipinski definition) is 2. The summed E-state index contributed by atoms with van der Waals surface area (Å²) in [5.41, 5.74) is 3.27. The van der Waals surface area contributed by atoms with Crippen LogP contribution in [0.4, 0.5) is 0 Å². The number of hydrogen-bond acceptors (Lipinski definition) is 12. The minimum atomic E-state index is -1.52. The van der Waals surface area contributed by atoms with Crippen molar-refractivity contribution in [2.45, 2.75) is 57.3 Å². The zero-order chi connectivity index (χ0) is 48.0. The Balaban J connectivity index is 0.000000233. The Bertz CT molecular complexity index is 2610. The van der Waals surface area contributed by atoms with Crippen LogP contribution in [0.3, 0.4) is 0 Å². The fourth-order valence-electron chi connectivity index (χ4n) is 7.84. The third kappa shape index (κ3) is 11.5. The van der Waals surface area contributed by atoms with Crippen molar-refractivity contribution in [1.29, 1.82) is 0 Å². The van der Waals surface area contributed by atoms with Crippen LogP contribution in [0.15, 0.2) is 152 Å². The molecule has 5 aromatic carbocycles. The topological polar surface area (TPSA) is 182 Å². The minimum Gasteiger partial charge on any atom is -0.493 e. The lowest BCUT2D eigenvalue weighted by molar-refractivity contribution is -0.164. The molecule has 2 N–H and O–H groups in total. The van der Waals surface area contributed by atoms with Gasteiger partial charge < -0.3 is 38.6 Å². The Morgan fingerprint density at radius 3 is 1.40 bits per heavy atom. The fourth-order valence-corrected chi connectivity index (χ4v) is 7.84. The van der Waals surface area contributed by atoms with Crippen LogP contribution in [0.5, 0.6) is 29.4 Å². The molecular formula is C53H54N4O10. The molecule has 2 aromatic heterocycles. The Kier molecular flexibility index (Phi) is 16.2. The molecule has 2 unspecified atom stereocenters. The molecule has 0 saturated heterocycles. The largest absolute Gasteiger partial charge is 0.493 e. The molecule has 0 amide bonds. The molecule has 14 nitrogen and oxygen atoms in total. The average molecular weight is 907 g/mol. The number of ether oxygens (including phenoxy) is 6. The lowest BCUT2D eigenvalue weighted by atomic mass is 9.72. The summed E-state index contributed by atoms with van der Waals surface area (Å²) in [6.45, 7) is 7.40. The van der Waals surface area contributed by atoms with Gasteiger partial charge in [0.15, 0.2) is 17.1 Å². The summed E-state index contributed by atoms with van der Waals surface area (Å²) >= 11 is 0. The van der Waals surface area contributed by atoms with E-state index in [2.05, 4.69) is 19.9 Å². The highest BCUT2D eigenvalue weighted by Crippen LogP contribution is 2.40. The second-order valence-corrected chi connectivity index (χ2v) is 15.6. The van der Waals surface area contributed by atoms with Gasteiger partial charge in [0.1, 0.15) is 0 Å². The third-order valence-electron chi connectivity index (χ3n) is 11.1. The van der Waals surface area contributed by atoms with E-state index in [-0.39, 0.29) is 18.6 Å². The molecule has 2 heterocycles. The van der Waals surface area contributed by atoms with Crippen LogP contribution in [-0.4, -0.2) is 82.2 Å². The molecule has 0 aliphatic carbocycles. The van der Waals surface area contributed by atoms with Crippen LogP contribution in [0, 0.1) is 20.8 Å². The summed E-state index contributed by atoms with van der Waals surface area (Å²) in [6, 6.07) is 46.3. The number of rotatable bonds is 19. The number of nitrogens with zero attached hydrogens (tertiary/aromatic N) is 4. The van der Waals surface area contributed by atoms with Gasteiger partial charge in [0.2, 0.25) is 18.1 Å². The van der Waals surface area contributed by atoms with Gasteiger partial charge >= 0.3 is 24.0 Å². The van der Waals surface area contributed by atoms with E-state index in [1.807, 2.05) is 146 Å². The number of methoxy groups -OCH3 is 3. The first-order chi connectivity index (χ1) is 32.3. The zero-order valence-electron chi connectivity index (χ0n) is 38.5. The number of carboxylic acids is 2. The number of carboxylic acid groups (broad SMARTS) is 2. The highest BCUT2D eigenvalue weighted by Gasteiger charge is 2.50. The second-order valence-electron chi connectivity index (χ2n) is 15.6. The molecule has 67 heavy (non-hydrogen) atoms. The second kappa shape index (κ2) is 22.4. The van der Waals surface area contributed by atoms with Gasteiger partial charge in [0, 0.05) is 23.1 Å². The maximum atomic E-state index is 13.0. The number of carbonyl (C=O) groups is 2. The summed E-state index contributed by atoms with van der Waals surface area (Å²) in [4.78, 5) is 42.4. The molecule has 7 rings (SSSR count). The molecule has 2 atom stereocenters. The van der Waals surface area contributed by atoms with Crippen LogP contribution in [-0.2, 0) is 31.8 Å². The van der Waals surface area contributed by atoms with Crippen molar-refractivity contribution in [2.24, 2.45) is 0 Å². The number of aromatic nitrogens is 4. The van der Waals surface area contributed by atoms with Gasteiger partial charge in [0.25, 0.3) is 0 Å². The Hall–Kier alpha value is -7.84. The van der Waals surface area contributed by atoms with Gasteiger partial charge in [-0.25, -0.2) is 24.5 Å². The predicted octanol–water partition coefficient (Wildman–Crippen LogP) is 8.78. The molecular weight excluding hydrogens is 853 g/mol. The zero-order valence-corrected chi connectivity index (χ0v) is 38.5. The van der Waals surface area contributed by atoms with Crippen LogP contribution in [0.25, 0.3) is 0 Å². The summed E-state index contributed by atoms with van der Waals surface area (Å²) in [6.07, 6.45) is -2.29. The molecule has 0 aliphatic heterocycles. The highest BCUT2D eigenvalue weighted by atomic mass is 16.6. The van der Waals surface area contributed by atoms with Gasteiger partial charge in [-0.05, 0) is 80.1 Å². The summed E-state index contributed by atoms with van der Waals surface area (Å²) in [7, 11) is 4.65. The van der Waals surface area contributed by atoms with E-state index in [1.54, 1.807) is 47.1 Å². The number of aryl methyl sites for hydroxylation is 3. The van der Waals surface area contributed by atoms with E-state index in [1.165, 1.54) is 7.11 Å². The van der Waals surface area contributed by atoms with Crippen molar-refractivity contribution < 1.29 is 48.2 Å². The summed E-state index contributed by atoms with van der Waals surface area (Å²) in [5.74, 6) is -0.785. The molecule has 346 valence electrons. The number of benzene rings is 5. The van der Waals surface area contributed by atoms with Crippen molar-refractivity contribution in [3.63, 3.8) is 0 Å². The Labute approximate surface area is 390 Å². The van der Waals surface area contributed by atoms with E-state index >= 15 is 0 Å². The van der Waals surface area contributed by atoms with Gasteiger partial charge in [-0.3, -0.25) is 0 Å². The van der Waals surface area contributed by atoms with Crippen LogP contribution < -0.4 is 23.7 Å². The first-order valence-electron chi connectivity index (χ1n) is 21.4. The first kappa shape index (κ1) is 48.6. The average Bonchev–Trinajstić information content (AvgIpc) is 3.34. The van der Waals surface area contributed by atoms with Crippen molar-refractivity contribution in [1.82, 2.24) is 19.9 Å². The Morgan fingerprint density at radius 1 is 0.522 bits per heavy atom. The van der Waals surface area contributed by atoms with Crippen molar-refractivity contribution in [3.05, 3.63) is 197 Å². The lowest BCUT2D eigenvalue weighted by Crippen LogP contribution is -2.51. The van der Waals surface area contributed by atoms with Gasteiger partial charge in [-0.1, -0.05) is 127 Å². The molecule has 0 fully saturated rings. The third-order valence-corrected chi connectivity index (χ3v) is 11.1.